The summed E-state index contributed by atoms with van der Waals surface area (Å²) in [6.07, 6.45) is 0. The van der Waals surface area contributed by atoms with Crippen LogP contribution in [-0.2, 0) is 11.3 Å². The molecule has 0 unspecified atom stereocenters. The number of benzene rings is 1. The number of aromatic nitrogens is 3. The second-order valence-electron chi connectivity index (χ2n) is 5.74. The molecule has 2 aromatic heterocycles. The van der Waals surface area contributed by atoms with Gasteiger partial charge in [0.1, 0.15) is 0 Å². The lowest BCUT2D eigenvalue weighted by atomic mass is 10.1. The van der Waals surface area contributed by atoms with Crippen LogP contribution in [0, 0.1) is 20.8 Å². The summed E-state index contributed by atoms with van der Waals surface area (Å²) >= 11 is 1.60. The van der Waals surface area contributed by atoms with E-state index in [1.165, 1.54) is 10.3 Å². The maximum atomic E-state index is 12.1. The molecular formula is C16H19N5O2S. The van der Waals surface area contributed by atoms with Gasteiger partial charge >= 0.3 is 0 Å². The van der Waals surface area contributed by atoms with Crippen LogP contribution in [0.2, 0.25) is 0 Å². The van der Waals surface area contributed by atoms with Crippen molar-refractivity contribution in [2.24, 2.45) is 0 Å². The summed E-state index contributed by atoms with van der Waals surface area (Å²) in [7, 11) is 1.86. The Hall–Kier alpha value is -2.48. The molecule has 3 aromatic rings. The van der Waals surface area contributed by atoms with E-state index in [1.54, 1.807) is 18.3 Å². The minimum Gasteiger partial charge on any atom is -0.345 e. The number of carbonyl (C=O) groups is 1. The minimum absolute atomic E-state index is 0.124. The fourth-order valence-electron chi connectivity index (χ4n) is 2.34. The number of thiazole rings is 1. The Labute approximate surface area is 143 Å². The summed E-state index contributed by atoms with van der Waals surface area (Å²) in [5, 5.41) is 7.28. The van der Waals surface area contributed by atoms with Crippen LogP contribution in [0.4, 0.5) is 5.13 Å². The highest BCUT2D eigenvalue weighted by atomic mass is 32.1. The molecule has 0 radical (unpaired) electrons. The predicted octanol–water partition coefficient (Wildman–Crippen LogP) is 2.36. The van der Waals surface area contributed by atoms with Crippen LogP contribution in [0.3, 0.4) is 0 Å². The normalized spacial score (nSPS) is 11.0. The van der Waals surface area contributed by atoms with Gasteiger partial charge in [-0.15, -0.1) is 0 Å². The highest BCUT2D eigenvalue weighted by Crippen LogP contribution is 2.32. The van der Waals surface area contributed by atoms with Crippen LogP contribution >= 0.6 is 11.3 Å². The summed E-state index contributed by atoms with van der Waals surface area (Å²) in [6, 6.07) is 4.17. The Morgan fingerprint density at radius 2 is 2.00 bits per heavy atom. The third-order valence-corrected chi connectivity index (χ3v) is 4.95. The highest BCUT2D eigenvalue weighted by Gasteiger charge is 2.14. The number of carbonyl (C=O) groups excluding carboxylic acids is 1. The average Bonchev–Trinajstić information content (AvgIpc) is 3.16. The van der Waals surface area contributed by atoms with Crippen molar-refractivity contribution in [3.63, 3.8) is 0 Å². The first-order valence-corrected chi connectivity index (χ1v) is 8.39. The van der Waals surface area contributed by atoms with E-state index in [1.807, 2.05) is 18.9 Å². The van der Waals surface area contributed by atoms with Gasteiger partial charge in [-0.1, -0.05) is 28.6 Å². The van der Waals surface area contributed by atoms with Crippen LogP contribution in [0.1, 0.15) is 22.8 Å². The highest BCUT2D eigenvalue weighted by molar-refractivity contribution is 7.22. The molecule has 0 bridgehead atoms. The number of hydrogen-bond acceptors (Lipinski definition) is 7. The van der Waals surface area contributed by atoms with Crippen LogP contribution in [-0.4, -0.2) is 34.6 Å². The first-order valence-electron chi connectivity index (χ1n) is 7.58. The fraction of sp³-hybridized carbons (Fsp3) is 0.375. The fourth-order valence-corrected chi connectivity index (χ4v) is 3.41. The van der Waals surface area contributed by atoms with E-state index in [0.717, 1.165) is 16.2 Å². The first kappa shape index (κ1) is 16.4. The van der Waals surface area contributed by atoms with Crippen LogP contribution in [0.15, 0.2) is 16.7 Å². The van der Waals surface area contributed by atoms with Gasteiger partial charge < -0.3 is 14.7 Å². The Balaban J connectivity index is 1.66. The van der Waals surface area contributed by atoms with Crippen molar-refractivity contribution in [3.05, 3.63) is 35.0 Å². The zero-order valence-electron chi connectivity index (χ0n) is 14.1. The van der Waals surface area contributed by atoms with Crippen LogP contribution in [0.25, 0.3) is 10.2 Å². The molecule has 1 N–H and O–H groups in total. The van der Waals surface area contributed by atoms with Gasteiger partial charge in [0, 0.05) is 7.05 Å². The molecule has 0 aliphatic rings. The Morgan fingerprint density at radius 1 is 1.25 bits per heavy atom. The average molecular weight is 345 g/mol. The summed E-state index contributed by atoms with van der Waals surface area (Å²) in [4.78, 5) is 22.7. The van der Waals surface area contributed by atoms with E-state index in [2.05, 4.69) is 39.5 Å². The van der Waals surface area contributed by atoms with E-state index in [9.17, 15) is 4.79 Å². The van der Waals surface area contributed by atoms with Gasteiger partial charge in [-0.05, 0) is 31.9 Å². The SMILES string of the molecule is Cc1noc(CNC(=O)CN(C)c2nc3c(C)ccc(C)c3s2)n1. The summed E-state index contributed by atoms with van der Waals surface area (Å²) in [5.41, 5.74) is 3.34. The molecule has 0 aliphatic carbocycles. The molecular weight excluding hydrogens is 326 g/mol. The first-order chi connectivity index (χ1) is 11.4. The topological polar surface area (TPSA) is 84.2 Å². The predicted molar refractivity (Wildman–Crippen MR) is 93.2 cm³/mol. The number of amides is 1. The lowest BCUT2D eigenvalue weighted by Crippen LogP contribution is -2.34. The van der Waals surface area contributed by atoms with E-state index >= 15 is 0 Å². The molecule has 7 nitrogen and oxygen atoms in total. The third kappa shape index (κ3) is 3.38. The smallest absolute Gasteiger partial charge is 0.246 e. The van der Waals surface area contributed by atoms with Crippen molar-refractivity contribution in [2.45, 2.75) is 27.3 Å². The number of aryl methyl sites for hydroxylation is 3. The molecule has 2 heterocycles. The van der Waals surface area contributed by atoms with Crippen molar-refractivity contribution in [1.82, 2.24) is 20.4 Å². The van der Waals surface area contributed by atoms with Crippen LogP contribution < -0.4 is 10.2 Å². The molecule has 0 atom stereocenters. The number of fused-ring (bicyclic) bond motifs is 1. The second-order valence-corrected chi connectivity index (χ2v) is 6.72. The molecule has 0 saturated heterocycles. The molecule has 24 heavy (non-hydrogen) atoms. The van der Waals surface area contributed by atoms with Gasteiger partial charge in [-0.3, -0.25) is 4.79 Å². The van der Waals surface area contributed by atoms with Crippen molar-refractivity contribution in [2.75, 3.05) is 18.5 Å². The van der Waals surface area contributed by atoms with E-state index in [4.69, 9.17) is 4.52 Å². The maximum absolute atomic E-state index is 12.1. The zero-order valence-corrected chi connectivity index (χ0v) is 14.9. The molecule has 3 rings (SSSR count). The second kappa shape index (κ2) is 6.56. The van der Waals surface area contributed by atoms with E-state index < -0.39 is 0 Å². The summed E-state index contributed by atoms with van der Waals surface area (Å²) in [6.45, 7) is 6.30. The maximum Gasteiger partial charge on any atom is 0.246 e. The molecule has 0 spiro atoms. The number of anilines is 1. The van der Waals surface area contributed by atoms with E-state index in [0.29, 0.717) is 11.7 Å². The van der Waals surface area contributed by atoms with Crippen molar-refractivity contribution in [3.8, 4) is 0 Å². The largest absolute Gasteiger partial charge is 0.345 e. The van der Waals surface area contributed by atoms with Gasteiger partial charge in [-0.2, -0.15) is 4.98 Å². The Morgan fingerprint density at radius 3 is 2.67 bits per heavy atom. The Bertz CT molecular complexity index is 847. The minimum atomic E-state index is -0.124. The zero-order chi connectivity index (χ0) is 17.3. The van der Waals surface area contributed by atoms with Crippen molar-refractivity contribution in [1.29, 1.82) is 0 Å². The number of rotatable bonds is 5. The van der Waals surface area contributed by atoms with E-state index in [-0.39, 0.29) is 19.0 Å². The lowest BCUT2D eigenvalue weighted by molar-refractivity contribution is -0.120. The molecule has 0 fully saturated rings. The number of likely N-dealkylation sites (N-methyl/N-ethyl adjacent to an activating group) is 1. The number of nitrogens with zero attached hydrogens (tertiary/aromatic N) is 4. The monoisotopic (exact) mass is 345 g/mol. The number of nitrogens with one attached hydrogen (secondary N) is 1. The standard InChI is InChI=1S/C16H19N5O2S/c1-9-5-6-10(2)15-14(9)19-16(24-15)21(4)8-12(22)17-7-13-18-11(3)20-23-13/h5-6H,7-8H2,1-4H3,(H,17,22). The summed E-state index contributed by atoms with van der Waals surface area (Å²) in [5.74, 6) is 0.826. The quantitative estimate of drug-likeness (QED) is 0.764. The summed E-state index contributed by atoms with van der Waals surface area (Å²) < 4.78 is 6.14. The van der Waals surface area contributed by atoms with Crippen molar-refractivity contribution >= 4 is 32.6 Å². The third-order valence-electron chi connectivity index (χ3n) is 3.64. The molecule has 0 saturated carbocycles. The molecule has 1 amide bonds. The Kier molecular flexibility index (Phi) is 4.48. The van der Waals surface area contributed by atoms with Gasteiger partial charge in [0.25, 0.3) is 0 Å². The van der Waals surface area contributed by atoms with Gasteiger partial charge in [-0.25, -0.2) is 4.98 Å². The van der Waals surface area contributed by atoms with Gasteiger partial charge in [0.05, 0.1) is 23.3 Å². The van der Waals surface area contributed by atoms with Crippen molar-refractivity contribution < 1.29 is 9.32 Å². The van der Waals surface area contributed by atoms with Gasteiger partial charge in [0.15, 0.2) is 11.0 Å². The van der Waals surface area contributed by atoms with Gasteiger partial charge in [0.2, 0.25) is 11.8 Å². The molecule has 126 valence electrons. The molecule has 8 heteroatoms. The molecule has 0 aliphatic heterocycles. The van der Waals surface area contributed by atoms with Crippen LogP contribution in [0.5, 0.6) is 0 Å². The number of hydrogen-bond donors (Lipinski definition) is 1. The lowest BCUT2D eigenvalue weighted by Gasteiger charge is -2.14. The molecule has 1 aromatic carbocycles.